The Morgan fingerprint density at radius 3 is 3.00 bits per heavy atom. The van der Waals surface area contributed by atoms with Crippen LogP contribution in [-0.4, -0.2) is 51.4 Å². The Hall–Kier alpha value is -3.34. The molecule has 0 radical (unpaired) electrons. The van der Waals surface area contributed by atoms with Crippen molar-refractivity contribution < 1.29 is 18.5 Å². The number of aromatic nitrogens is 5. The molecule has 0 spiro atoms. The van der Waals surface area contributed by atoms with Crippen LogP contribution in [0.4, 0.5) is 5.82 Å². The molecule has 0 atom stereocenters. The van der Waals surface area contributed by atoms with Crippen LogP contribution in [0.5, 0.6) is 5.75 Å². The van der Waals surface area contributed by atoms with Gasteiger partial charge in [-0.25, -0.2) is 9.55 Å². The van der Waals surface area contributed by atoms with Gasteiger partial charge >= 0.3 is 0 Å². The van der Waals surface area contributed by atoms with Crippen molar-refractivity contribution in [2.24, 2.45) is 5.92 Å². The highest BCUT2D eigenvalue weighted by Gasteiger charge is 2.23. The van der Waals surface area contributed by atoms with Gasteiger partial charge in [-0.3, -0.25) is 4.79 Å². The number of likely N-dealkylation sites (tertiary alicyclic amines) is 1. The molecular weight excluding hydrogens is 430 g/mol. The summed E-state index contributed by atoms with van der Waals surface area (Å²) in [5.41, 5.74) is 9.01. The first-order valence-corrected chi connectivity index (χ1v) is 11.3. The zero-order valence-corrected chi connectivity index (χ0v) is 18.5. The highest BCUT2D eigenvalue weighted by atomic mass is 32.2. The Morgan fingerprint density at radius 2 is 2.22 bits per heavy atom. The monoisotopic (exact) mass is 454 g/mol. The van der Waals surface area contributed by atoms with Crippen molar-refractivity contribution in [2.75, 3.05) is 25.9 Å². The summed E-state index contributed by atoms with van der Waals surface area (Å²) in [5, 5.41) is 0.679. The summed E-state index contributed by atoms with van der Waals surface area (Å²) in [6.45, 7) is 2.44. The minimum atomic E-state index is 0.408. The third-order valence-electron chi connectivity index (χ3n) is 5.92. The van der Waals surface area contributed by atoms with Gasteiger partial charge in [0.05, 0.1) is 18.6 Å². The van der Waals surface area contributed by atoms with Crippen LogP contribution in [0.1, 0.15) is 19.3 Å². The van der Waals surface area contributed by atoms with Crippen LogP contribution < -0.4 is 15.0 Å². The van der Waals surface area contributed by atoms with E-state index in [-0.39, 0.29) is 0 Å². The number of piperidine rings is 1. The number of fused-ring (bicyclic) bond motifs is 2. The number of H-pyrrole nitrogens is 1. The third kappa shape index (κ3) is 3.95. The number of ether oxygens (including phenoxy) is 1. The van der Waals surface area contributed by atoms with Crippen LogP contribution in [0, 0.1) is 5.92 Å². The van der Waals surface area contributed by atoms with Gasteiger partial charge in [0.2, 0.25) is 23.7 Å². The number of carbonyl (C=O) groups is 1. The predicted molar refractivity (Wildman–Crippen MR) is 118 cm³/mol. The number of aromatic amines is 1. The Kier molecular flexibility index (Phi) is 5.56. The maximum absolute atomic E-state index is 10.9. The first kappa shape index (κ1) is 20.6. The first-order valence-electron chi connectivity index (χ1n) is 10.5. The zero-order chi connectivity index (χ0) is 22.1. The molecule has 166 valence electrons. The number of anilines is 1. The number of oxazole rings is 1. The van der Waals surface area contributed by atoms with Crippen molar-refractivity contribution in [1.82, 2.24) is 24.8 Å². The number of nitrogens with one attached hydrogen (secondary N) is 1. The molecule has 1 saturated heterocycles. The highest BCUT2D eigenvalue weighted by Crippen LogP contribution is 2.36. The molecular formula is C21H24N7O3S+. The number of carbonyl (C=O) groups excluding carboxylic acids is 1. The lowest BCUT2D eigenvalue weighted by Crippen LogP contribution is -2.38. The molecule has 4 aromatic rings. The molecule has 0 unspecified atom stereocenters. The normalized spacial score (nSPS) is 15.0. The standard InChI is InChI=1S/C21H23N7O3S/c1-30-14-8-15-18(31-11-24-15)16(9-14)32-21-25-17-19(22)23-10-28(20(17)26-21)7-4-13-2-5-27(12-29)6-3-13/h8-13H,2-7H2,1H3,(H2,22,25,26)/p+1. The minimum Gasteiger partial charge on any atom is -0.497 e. The lowest BCUT2D eigenvalue weighted by Gasteiger charge is -2.28. The second-order valence-electron chi connectivity index (χ2n) is 7.87. The molecule has 0 saturated carbocycles. The minimum absolute atomic E-state index is 0.408. The Balaban J connectivity index is 1.39. The van der Waals surface area contributed by atoms with Gasteiger partial charge in [0, 0.05) is 19.2 Å². The van der Waals surface area contributed by atoms with Gasteiger partial charge in [-0.15, -0.1) is 0 Å². The van der Waals surface area contributed by atoms with E-state index in [1.54, 1.807) is 13.4 Å². The summed E-state index contributed by atoms with van der Waals surface area (Å²) in [6, 6.07) is 3.73. The number of benzene rings is 1. The van der Waals surface area contributed by atoms with Crippen molar-refractivity contribution in [3.8, 4) is 5.75 Å². The van der Waals surface area contributed by atoms with Gasteiger partial charge in [-0.1, -0.05) is 9.97 Å². The molecule has 0 aliphatic carbocycles. The van der Waals surface area contributed by atoms with Crippen LogP contribution in [-0.2, 0) is 11.3 Å². The van der Waals surface area contributed by atoms with E-state index in [9.17, 15) is 4.79 Å². The number of imidazole rings is 1. The number of rotatable bonds is 7. The van der Waals surface area contributed by atoms with Gasteiger partial charge in [0.1, 0.15) is 11.3 Å². The molecule has 10 nitrogen and oxygen atoms in total. The Bertz CT molecular complexity index is 1260. The van der Waals surface area contributed by atoms with E-state index in [2.05, 4.69) is 15.0 Å². The van der Waals surface area contributed by atoms with E-state index < -0.39 is 0 Å². The predicted octanol–water partition coefficient (Wildman–Crippen LogP) is 2.39. The van der Waals surface area contributed by atoms with Gasteiger partial charge in [-0.2, -0.15) is 0 Å². The van der Waals surface area contributed by atoms with Crippen molar-refractivity contribution in [2.45, 2.75) is 35.9 Å². The molecule has 1 aliphatic heterocycles. The average molecular weight is 455 g/mol. The highest BCUT2D eigenvalue weighted by molar-refractivity contribution is 7.99. The summed E-state index contributed by atoms with van der Waals surface area (Å²) in [6.07, 6.45) is 7.15. The number of methoxy groups -OCH3 is 1. The molecule has 32 heavy (non-hydrogen) atoms. The SMILES string of the molecule is COc1cc(Sc2nc3c([nH]2)c(N)nc[n+]3CCC2CCN(C=O)CC2)c2ocnc2c1. The maximum Gasteiger partial charge on any atom is 0.294 e. The van der Waals surface area contributed by atoms with Crippen molar-refractivity contribution in [1.29, 1.82) is 0 Å². The van der Waals surface area contributed by atoms with E-state index in [4.69, 9.17) is 19.9 Å². The number of nitrogens with two attached hydrogens (primary N) is 1. The van der Waals surface area contributed by atoms with Gasteiger partial charge in [0.15, 0.2) is 17.5 Å². The molecule has 0 bridgehead atoms. The molecule has 1 fully saturated rings. The Morgan fingerprint density at radius 1 is 1.38 bits per heavy atom. The van der Waals surface area contributed by atoms with E-state index in [0.717, 1.165) is 61.4 Å². The van der Waals surface area contributed by atoms with Crippen LogP contribution in [0.25, 0.3) is 22.3 Å². The van der Waals surface area contributed by atoms with E-state index >= 15 is 0 Å². The molecule has 5 rings (SSSR count). The summed E-state index contributed by atoms with van der Waals surface area (Å²) in [5.74, 6) is 1.68. The second kappa shape index (κ2) is 8.65. The van der Waals surface area contributed by atoms with Crippen LogP contribution in [0.15, 0.2) is 39.3 Å². The lowest BCUT2D eigenvalue weighted by molar-refractivity contribution is -0.677. The first-order chi connectivity index (χ1) is 15.6. The molecule has 4 heterocycles. The quantitative estimate of drug-likeness (QED) is 0.322. The van der Waals surface area contributed by atoms with E-state index in [1.807, 2.05) is 21.6 Å². The number of hydrogen-bond acceptors (Lipinski definition) is 8. The fourth-order valence-corrected chi connectivity index (χ4v) is 4.99. The summed E-state index contributed by atoms with van der Waals surface area (Å²) < 4.78 is 13.0. The maximum atomic E-state index is 10.9. The van der Waals surface area contributed by atoms with Crippen molar-refractivity contribution in [3.63, 3.8) is 0 Å². The lowest BCUT2D eigenvalue weighted by atomic mass is 9.94. The second-order valence-corrected chi connectivity index (χ2v) is 8.90. The fraction of sp³-hybridized carbons (Fsp3) is 0.381. The number of nitrogens with zero attached hydrogens (tertiary/aromatic N) is 5. The third-order valence-corrected chi connectivity index (χ3v) is 6.83. The summed E-state index contributed by atoms with van der Waals surface area (Å²) in [7, 11) is 1.62. The van der Waals surface area contributed by atoms with E-state index in [0.29, 0.717) is 33.7 Å². The smallest absolute Gasteiger partial charge is 0.294 e. The number of hydrogen-bond donors (Lipinski definition) is 2. The fourth-order valence-electron chi connectivity index (χ4n) is 4.07. The molecule has 1 aliphatic rings. The molecule has 3 N–H and O–H groups in total. The molecule has 11 heteroatoms. The topological polar surface area (TPSA) is 127 Å². The zero-order valence-electron chi connectivity index (χ0n) is 17.7. The van der Waals surface area contributed by atoms with E-state index in [1.165, 1.54) is 18.2 Å². The van der Waals surface area contributed by atoms with Gasteiger partial charge in [0.25, 0.3) is 5.65 Å². The summed E-state index contributed by atoms with van der Waals surface area (Å²) >= 11 is 1.43. The number of nitrogen functional groups attached to an aromatic ring is 1. The van der Waals surface area contributed by atoms with Crippen LogP contribution in [0.3, 0.4) is 0 Å². The molecule has 1 aromatic carbocycles. The molecule has 1 amide bonds. The number of aryl methyl sites for hydroxylation is 1. The largest absolute Gasteiger partial charge is 0.497 e. The average Bonchev–Trinajstić information content (AvgIpc) is 3.46. The summed E-state index contributed by atoms with van der Waals surface area (Å²) in [4.78, 5) is 30.3. The number of amides is 1. The molecule has 3 aromatic heterocycles. The van der Waals surface area contributed by atoms with Crippen LogP contribution in [0.2, 0.25) is 0 Å². The van der Waals surface area contributed by atoms with Crippen molar-refractivity contribution >= 4 is 46.3 Å². The van der Waals surface area contributed by atoms with Gasteiger partial charge in [-0.05, 0) is 43.0 Å². The van der Waals surface area contributed by atoms with Crippen molar-refractivity contribution in [3.05, 3.63) is 24.9 Å². The van der Waals surface area contributed by atoms with Gasteiger partial charge < -0.3 is 24.8 Å². The van der Waals surface area contributed by atoms with Crippen LogP contribution >= 0.6 is 11.8 Å². The Labute approximate surface area is 188 Å².